The number of nitrogens with one attached hydrogen (secondary N) is 2. The van der Waals surface area contributed by atoms with Gasteiger partial charge in [0.2, 0.25) is 0 Å². The van der Waals surface area contributed by atoms with Gasteiger partial charge in [-0.3, -0.25) is 10.1 Å². The molecule has 2 aromatic rings. The number of carbonyl (C=O) groups excluding carboxylic acids is 1. The summed E-state index contributed by atoms with van der Waals surface area (Å²) in [6.07, 6.45) is -0.532. The summed E-state index contributed by atoms with van der Waals surface area (Å²) in [6, 6.07) is 12.2. The Morgan fingerprint density at radius 1 is 1.24 bits per heavy atom. The Morgan fingerprint density at radius 3 is 2.52 bits per heavy atom. The van der Waals surface area contributed by atoms with E-state index in [1.165, 1.54) is 6.07 Å². The molecule has 1 saturated heterocycles. The average molecular weight is 304 g/mol. The van der Waals surface area contributed by atoms with Crippen LogP contribution in [-0.4, -0.2) is 23.3 Å². The van der Waals surface area contributed by atoms with E-state index in [0.717, 1.165) is 5.56 Å². The molecule has 1 fully saturated rings. The number of phenols is 1. The first-order chi connectivity index (χ1) is 10.1. The summed E-state index contributed by atoms with van der Waals surface area (Å²) < 4.78 is 0. The van der Waals surface area contributed by atoms with Gasteiger partial charge in [0.25, 0.3) is 5.91 Å². The predicted molar refractivity (Wildman–Crippen MR) is 80.9 cm³/mol. The maximum absolute atomic E-state index is 12.4. The number of halogens is 1. The van der Waals surface area contributed by atoms with Crippen molar-refractivity contribution in [2.24, 2.45) is 5.73 Å². The van der Waals surface area contributed by atoms with E-state index in [4.69, 9.17) is 17.3 Å². The van der Waals surface area contributed by atoms with Crippen LogP contribution in [0.4, 0.5) is 0 Å². The number of hydrogen-bond acceptors (Lipinski definition) is 4. The lowest BCUT2D eigenvalue weighted by Crippen LogP contribution is -2.30. The summed E-state index contributed by atoms with van der Waals surface area (Å²) in [6.45, 7) is 0. The Bertz CT molecular complexity index is 691. The molecule has 2 aromatic carbocycles. The Morgan fingerprint density at radius 2 is 1.90 bits per heavy atom. The molecule has 21 heavy (non-hydrogen) atoms. The van der Waals surface area contributed by atoms with Gasteiger partial charge in [-0.05, 0) is 17.7 Å². The first kappa shape index (κ1) is 13.9. The van der Waals surface area contributed by atoms with E-state index in [1.54, 1.807) is 6.07 Å². The van der Waals surface area contributed by atoms with Crippen LogP contribution in [0.2, 0.25) is 5.02 Å². The third-order valence-corrected chi connectivity index (χ3v) is 3.65. The zero-order valence-electron chi connectivity index (χ0n) is 11.0. The second-order valence-corrected chi connectivity index (χ2v) is 5.23. The molecule has 0 aromatic heterocycles. The molecular formula is C15H14ClN3O2. The Kier molecular flexibility index (Phi) is 3.55. The summed E-state index contributed by atoms with van der Waals surface area (Å²) in [5.41, 5.74) is 7.01. The van der Waals surface area contributed by atoms with Gasteiger partial charge in [-0.2, -0.15) is 0 Å². The molecule has 1 aliphatic heterocycles. The van der Waals surface area contributed by atoms with Crippen molar-refractivity contribution in [3.8, 4) is 16.9 Å². The molecule has 0 radical (unpaired) electrons. The van der Waals surface area contributed by atoms with Gasteiger partial charge in [0.1, 0.15) is 11.9 Å². The van der Waals surface area contributed by atoms with Gasteiger partial charge in [-0.25, -0.2) is 0 Å². The fourth-order valence-electron chi connectivity index (χ4n) is 2.18. The average Bonchev–Trinajstić information content (AvgIpc) is 3.17. The maximum atomic E-state index is 12.4. The molecule has 0 aliphatic carbocycles. The van der Waals surface area contributed by atoms with Crippen molar-refractivity contribution >= 4 is 17.5 Å². The van der Waals surface area contributed by atoms with E-state index in [1.807, 2.05) is 30.3 Å². The minimum Gasteiger partial charge on any atom is -0.507 e. The number of aromatic hydroxyl groups is 1. The zero-order valence-corrected chi connectivity index (χ0v) is 11.8. The third kappa shape index (κ3) is 2.71. The van der Waals surface area contributed by atoms with Gasteiger partial charge < -0.3 is 16.2 Å². The first-order valence-electron chi connectivity index (χ1n) is 6.47. The van der Waals surface area contributed by atoms with Gasteiger partial charge in [0.05, 0.1) is 11.7 Å². The van der Waals surface area contributed by atoms with Crippen LogP contribution in [-0.2, 0) is 0 Å². The zero-order chi connectivity index (χ0) is 15.0. The molecule has 108 valence electrons. The third-order valence-electron chi connectivity index (χ3n) is 3.33. The summed E-state index contributed by atoms with van der Waals surface area (Å²) in [5.74, 6) is -0.538. The highest BCUT2D eigenvalue weighted by atomic mass is 35.5. The number of phenolic OH excluding ortho intramolecular Hbond substituents is 1. The molecule has 1 aliphatic rings. The SMILES string of the molecule is NC1NC1NC(=O)c1c(O)ccc(Cl)c1-c1ccccc1. The van der Waals surface area contributed by atoms with Crippen molar-refractivity contribution in [3.63, 3.8) is 0 Å². The van der Waals surface area contributed by atoms with Crippen LogP contribution >= 0.6 is 11.6 Å². The summed E-state index contributed by atoms with van der Waals surface area (Å²) in [5, 5.41) is 16.0. The van der Waals surface area contributed by atoms with Crippen LogP contribution in [0, 0.1) is 0 Å². The van der Waals surface area contributed by atoms with E-state index < -0.39 is 5.91 Å². The lowest BCUT2D eigenvalue weighted by molar-refractivity contribution is 0.0947. The molecule has 6 heteroatoms. The summed E-state index contributed by atoms with van der Waals surface area (Å²) >= 11 is 6.23. The van der Waals surface area contributed by atoms with Crippen LogP contribution in [0.3, 0.4) is 0 Å². The number of nitrogens with two attached hydrogens (primary N) is 1. The number of hydrogen-bond donors (Lipinski definition) is 4. The number of amides is 1. The van der Waals surface area contributed by atoms with Gasteiger partial charge >= 0.3 is 0 Å². The van der Waals surface area contributed by atoms with Crippen molar-refractivity contribution in [3.05, 3.63) is 53.1 Å². The van der Waals surface area contributed by atoms with Crippen molar-refractivity contribution < 1.29 is 9.90 Å². The molecule has 0 bridgehead atoms. The van der Waals surface area contributed by atoms with E-state index in [2.05, 4.69) is 10.6 Å². The van der Waals surface area contributed by atoms with Crippen LogP contribution in [0.15, 0.2) is 42.5 Å². The standard InChI is InChI=1S/C15H14ClN3O2/c16-9-6-7-10(20)12(15(21)19-14-13(17)18-14)11(9)8-4-2-1-3-5-8/h1-7,13-14,18,20H,17H2,(H,19,21). The molecule has 0 spiro atoms. The molecule has 1 heterocycles. The minimum atomic E-state index is -0.417. The van der Waals surface area contributed by atoms with Crippen LogP contribution in [0.1, 0.15) is 10.4 Å². The van der Waals surface area contributed by atoms with Crippen LogP contribution < -0.4 is 16.4 Å². The fraction of sp³-hybridized carbons (Fsp3) is 0.133. The largest absolute Gasteiger partial charge is 0.507 e. The van der Waals surface area contributed by atoms with Crippen LogP contribution in [0.25, 0.3) is 11.1 Å². The van der Waals surface area contributed by atoms with Crippen molar-refractivity contribution in [1.29, 1.82) is 0 Å². The van der Waals surface area contributed by atoms with Gasteiger partial charge in [-0.1, -0.05) is 41.9 Å². The highest BCUT2D eigenvalue weighted by Gasteiger charge is 2.35. The smallest absolute Gasteiger partial charge is 0.257 e. The topological polar surface area (TPSA) is 97.3 Å². The maximum Gasteiger partial charge on any atom is 0.257 e. The molecule has 5 nitrogen and oxygen atoms in total. The quantitative estimate of drug-likeness (QED) is 0.648. The molecular weight excluding hydrogens is 290 g/mol. The monoisotopic (exact) mass is 303 g/mol. The number of rotatable bonds is 3. The van der Waals surface area contributed by atoms with Crippen molar-refractivity contribution in [2.75, 3.05) is 0 Å². The van der Waals surface area contributed by atoms with Crippen molar-refractivity contribution in [1.82, 2.24) is 10.6 Å². The van der Waals surface area contributed by atoms with Gasteiger partial charge in [0, 0.05) is 10.6 Å². The van der Waals surface area contributed by atoms with E-state index >= 15 is 0 Å². The molecule has 2 atom stereocenters. The number of benzene rings is 2. The van der Waals surface area contributed by atoms with E-state index in [-0.39, 0.29) is 23.6 Å². The van der Waals surface area contributed by atoms with Gasteiger partial charge in [-0.15, -0.1) is 0 Å². The van der Waals surface area contributed by atoms with E-state index in [0.29, 0.717) is 10.6 Å². The summed E-state index contributed by atoms with van der Waals surface area (Å²) in [7, 11) is 0. The first-order valence-corrected chi connectivity index (χ1v) is 6.85. The molecule has 3 rings (SSSR count). The highest BCUT2D eigenvalue weighted by Crippen LogP contribution is 2.36. The fourth-order valence-corrected chi connectivity index (χ4v) is 2.45. The lowest BCUT2D eigenvalue weighted by atomic mass is 9.98. The minimum absolute atomic E-state index is 0.120. The van der Waals surface area contributed by atoms with Crippen molar-refractivity contribution in [2.45, 2.75) is 12.3 Å². The van der Waals surface area contributed by atoms with Gasteiger partial charge in [0.15, 0.2) is 0 Å². The normalized spacial score (nSPS) is 20.1. The second-order valence-electron chi connectivity index (χ2n) is 4.83. The molecule has 2 unspecified atom stereocenters. The summed E-state index contributed by atoms with van der Waals surface area (Å²) in [4.78, 5) is 12.4. The Balaban J connectivity index is 2.06. The second kappa shape index (κ2) is 5.37. The van der Waals surface area contributed by atoms with E-state index in [9.17, 15) is 9.90 Å². The predicted octanol–water partition coefficient (Wildman–Crippen LogP) is 1.66. The lowest BCUT2D eigenvalue weighted by Gasteiger charge is -2.13. The number of carbonyl (C=O) groups is 1. The Labute approximate surface area is 126 Å². The molecule has 0 saturated carbocycles. The highest BCUT2D eigenvalue weighted by molar-refractivity contribution is 6.34. The van der Waals surface area contributed by atoms with Crippen LogP contribution in [0.5, 0.6) is 5.75 Å². The molecule has 5 N–H and O–H groups in total. The molecule has 1 amide bonds. The Hall–Kier alpha value is -2.08.